The van der Waals surface area contributed by atoms with Crippen LogP contribution < -0.4 is 0 Å². The van der Waals surface area contributed by atoms with Gasteiger partial charge in [0.05, 0.1) is 12.0 Å². The van der Waals surface area contributed by atoms with Crippen molar-refractivity contribution in [2.45, 2.75) is 12.2 Å². The summed E-state index contributed by atoms with van der Waals surface area (Å²) >= 11 is 0. The van der Waals surface area contributed by atoms with Crippen molar-refractivity contribution < 1.29 is 24.7 Å². The highest BCUT2D eigenvalue weighted by Gasteiger charge is 2.26. The lowest BCUT2D eigenvalue weighted by atomic mass is 10.0. The minimum Gasteiger partial charge on any atom is -0.467 e. The summed E-state index contributed by atoms with van der Waals surface area (Å²) in [5.41, 5.74) is 0.0435. The van der Waals surface area contributed by atoms with Crippen LogP contribution in [0, 0.1) is 10.1 Å². The van der Waals surface area contributed by atoms with Crippen LogP contribution in [-0.4, -0.2) is 34.3 Å². The first-order valence-electron chi connectivity index (χ1n) is 4.65. The molecule has 0 spiro atoms. The Morgan fingerprint density at radius 1 is 1.35 bits per heavy atom. The van der Waals surface area contributed by atoms with E-state index in [0.29, 0.717) is 0 Å². The molecule has 0 aliphatic carbocycles. The van der Waals surface area contributed by atoms with E-state index in [4.69, 9.17) is 0 Å². The van der Waals surface area contributed by atoms with Gasteiger partial charge in [-0.05, 0) is 17.7 Å². The van der Waals surface area contributed by atoms with Gasteiger partial charge in [-0.2, -0.15) is 0 Å². The SMILES string of the molecule is COC(=O)[C@H](O)[C@H](O)c1ccc([N+](=O)[O-])cc1. The van der Waals surface area contributed by atoms with Gasteiger partial charge in [0.1, 0.15) is 6.10 Å². The molecule has 0 saturated carbocycles. The van der Waals surface area contributed by atoms with Crippen LogP contribution in [0.3, 0.4) is 0 Å². The molecule has 0 radical (unpaired) electrons. The molecule has 0 aromatic heterocycles. The number of aliphatic hydroxyl groups is 2. The molecule has 0 saturated heterocycles. The van der Waals surface area contributed by atoms with Gasteiger partial charge in [0.25, 0.3) is 5.69 Å². The van der Waals surface area contributed by atoms with Crippen molar-refractivity contribution >= 4 is 11.7 Å². The molecular weight excluding hydrogens is 230 g/mol. The number of rotatable bonds is 4. The predicted molar refractivity (Wildman–Crippen MR) is 56.1 cm³/mol. The minimum atomic E-state index is -1.72. The van der Waals surface area contributed by atoms with Gasteiger partial charge in [-0.3, -0.25) is 10.1 Å². The van der Waals surface area contributed by atoms with Crippen molar-refractivity contribution in [3.8, 4) is 0 Å². The number of carbonyl (C=O) groups excluding carboxylic acids is 1. The van der Waals surface area contributed by atoms with Gasteiger partial charge in [0, 0.05) is 12.1 Å². The Hall–Kier alpha value is -1.99. The molecule has 1 rings (SSSR count). The van der Waals surface area contributed by atoms with E-state index in [0.717, 1.165) is 7.11 Å². The Morgan fingerprint density at radius 2 is 1.88 bits per heavy atom. The lowest BCUT2D eigenvalue weighted by molar-refractivity contribution is -0.384. The van der Waals surface area contributed by atoms with Gasteiger partial charge in [-0.15, -0.1) is 0 Å². The number of nitro benzene ring substituents is 1. The zero-order chi connectivity index (χ0) is 13.0. The fourth-order valence-corrected chi connectivity index (χ4v) is 1.23. The zero-order valence-corrected chi connectivity index (χ0v) is 8.94. The van der Waals surface area contributed by atoms with Crippen molar-refractivity contribution in [1.29, 1.82) is 0 Å². The number of ether oxygens (including phenoxy) is 1. The maximum Gasteiger partial charge on any atom is 0.337 e. The third-order valence-electron chi connectivity index (χ3n) is 2.19. The number of nitro groups is 1. The summed E-state index contributed by atoms with van der Waals surface area (Å²) in [4.78, 5) is 20.8. The number of esters is 1. The monoisotopic (exact) mass is 241 g/mol. The van der Waals surface area contributed by atoms with Gasteiger partial charge < -0.3 is 14.9 Å². The van der Waals surface area contributed by atoms with Crippen LogP contribution >= 0.6 is 0 Å². The van der Waals surface area contributed by atoms with Crippen LogP contribution in [0.15, 0.2) is 24.3 Å². The summed E-state index contributed by atoms with van der Waals surface area (Å²) in [6.45, 7) is 0. The second kappa shape index (κ2) is 5.37. The highest BCUT2D eigenvalue weighted by atomic mass is 16.6. The molecule has 2 atom stereocenters. The summed E-state index contributed by atoms with van der Waals surface area (Å²) in [6, 6.07) is 4.86. The maximum atomic E-state index is 11.0. The average molecular weight is 241 g/mol. The molecule has 0 heterocycles. The predicted octanol–water partition coefficient (Wildman–Crippen LogP) is 0.162. The summed E-state index contributed by atoms with van der Waals surface area (Å²) in [7, 11) is 1.08. The molecule has 92 valence electrons. The Kier molecular flexibility index (Phi) is 4.13. The molecule has 1 aromatic carbocycles. The summed E-state index contributed by atoms with van der Waals surface area (Å²) in [5, 5.41) is 29.3. The molecular formula is C10H11NO6. The van der Waals surface area contributed by atoms with E-state index >= 15 is 0 Å². The van der Waals surface area contributed by atoms with Crippen LogP contribution in [0.1, 0.15) is 11.7 Å². The van der Waals surface area contributed by atoms with E-state index in [2.05, 4.69) is 4.74 Å². The second-order valence-electron chi connectivity index (χ2n) is 3.26. The van der Waals surface area contributed by atoms with E-state index in [1.54, 1.807) is 0 Å². The van der Waals surface area contributed by atoms with E-state index in [1.807, 2.05) is 0 Å². The fraction of sp³-hybridized carbons (Fsp3) is 0.300. The summed E-state index contributed by atoms with van der Waals surface area (Å²) in [6.07, 6.45) is -3.20. The number of aliphatic hydroxyl groups excluding tert-OH is 2. The molecule has 0 aliphatic heterocycles. The third kappa shape index (κ3) is 2.99. The smallest absolute Gasteiger partial charge is 0.337 e. The number of carbonyl (C=O) groups is 1. The number of hydrogen-bond acceptors (Lipinski definition) is 6. The van der Waals surface area contributed by atoms with E-state index < -0.39 is 23.1 Å². The normalized spacial score (nSPS) is 13.8. The Labute approximate surface area is 96.4 Å². The first-order valence-corrected chi connectivity index (χ1v) is 4.65. The number of methoxy groups -OCH3 is 1. The minimum absolute atomic E-state index is 0.145. The topological polar surface area (TPSA) is 110 Å². The lowest BCUT2D eigenvalue weighted by Crippen LogP contribution is -2.28. The van der Waals surface area contributed by atoms with Crippen molar-refractivity contribution in [3.63, 3.8) is 0 Å². The largest absolute Gasteiger partial charge is 0.467 e. The number of benzene rings is 1. The summed E-state index contributed by atoms with van der Waals surface area (Å²) < 4.78 is 4.26. The molecule has 2 N–H and O–H groups in total. The lowest BCUT2D eigenvalue weighted by Gasteiger charge is -2.15. The van der Waals surface area contributed by atoms with Crippen LogP contribution in [0.2, 0.25) is 0 Å². The first-order chi connectivity index (χ1) is 7.97. The van der Waals surface area contributed by atoms with Crippen molar-refractivity contribution in [2.75, 3.05) is 7.11 Å². The van der Waals surface area contributed by atoms with Gasteiger partial charge in [-0.25, -0.2) is 4.79 Å². The van der Waals surface area contributed by atoms with E-state index in [-0.39, 0.29) is 11.3 Å². The average Bonchev–Trinajstić information content (AvgIpc) is 2.36. The maximum absolute atomic E-state index is 11.0. The second-order valence-corrected chi connectivity index (χ2v) is 3.26. The molecule has 0 aliphatic rings. The Bertz CT molecular complexity index is 415. The number of non-ortho nitro benzene ring substituents is 1. The van der Waals surface area contributed by atoms with Crippen molar-refractivity contribution in [2.24, 2.45) is 0 Å². The highest BCUT2D eigenvalue weighted by molar-refractivity contribution is 5.75. The third-order valence-corrected chi connectivity index (χ3v) is 2.19. The van der Waals surface area contributed by atoms with Gasteiger partial charge in [0.2, 0.25) is 0 Å². The molecule has 17 heavy (non-hydrogen) atoms. The Balaban J connectivity index is 2.86. The van der Waals surface area contributed by atoms with E-state index in [9.17, 15) is 25.1 Å². The molecule has 0 fully saturated rings. The van der Waals surface area contributed by atoms with Gasteiger partial charge in [0.15, 0.2) is 6.10 Å². The van der Waals surface area contributed by atoms with Crippen molar-refractivity contribution in [1.82, 2.24) is 0 Å². The van der Waals surface area contributed by atoms with Gasteiger partial charge >= 0.3 is 5.97 Å². The molecule has 7 heteroatoms. The Morgan fingerprint density at radius 3 is 2.29 bits per heavy atom. The number of hydrogen-bond donors (Lipinski definition) is 2. The molecule has 1 aromatic rings. The zero-order valence-electron chi connectivity index (χ0n) is 8.94. The number of nitrogens with zero attached hydrogens (tertiary/aromatic N) is 1. The van der Waals surface area contributed by atoms with E-state index in [1.165, 1.54) is 24.3 Å². The first kappa shape index (κ1) is 13.1. The highest BCUT2D eigenvalue weighted by Crippen LogP contribution is 2.20. The van der Waals surface area contributed by atoms with Crippen LogP contribution in [0.5, 0.6) is 0 Å². The summed E-state index contributed by atoms with van der Waals surface area (Å²) in [5.74, 6) is -0.976. The van der Waals surface area contributed by atoms with Crippen LogP contribution in [0.25, 0.3) is 0 Å². The quantitative estimate of drug-likeness (QED) is 0.441. The molecule has 0 unspecified atom stereocenters. The molecule has 0 amide bonds. The fourth-order valence-electron chi connectivity index (χ4n) is 1.23. The molecule has 0 bridgehead atoms. The van der Waals surface area contributed by atoms with Crippen molar-refractivity contribution in [3.05, 3.63) is 39.9 Å². The molecule has 7 nitrogen and oxygen atoms in total. The van der Waals surface area contributed by atoms with Crippen LogP contribution in [-0.2, 0) is 9.53 Å². The standard InChI is InChI=1S/C10H11NO6/c1-17-10(14)9(13)8(12)6-2-4-7(5-3-6)11(15)16/h2-5,8-9,12-13H,1H3/t8-,9-/m1/s1. The van der Waals surface area contributed by atoms with Gasteiger partial charge in [-0.1, -0.05) is 0 Å². The van der Waals surface area contributed by atoms with Crippen LogP contribution in [0.4, 0.5) is 5.69 Å².